The smallest absolute Gasteiger partial charge is 0.358 e. The van der Waals surface area contributed by atoms with E-state index in [2.05, 4.69) is 10.1 Å². The van der Waals surface area contributed by atoms with Gasteiger partial charge in [-0.2, -0.15) is 10.2 Å². The fourth-order valence-corrected chi connectivity index (χ4v) is 4.76. The van der Waals surface area contributed by atoms with Crippen LogP contribution in [0.4, 0.5) is 11.6 Å². The Morgan fingerprint density at radius 1 is 1.14 bits per heavy atom. The van der Waals surface area contributed by atoms with Crippen molar-refractivity contribution in [2.24, 2.45) is 0 Å². The van der Waals surface area contributed by atoms with E-state index in [1.54, 1.807) is 15.7 Å². The molecule has 0 atom stereocenters. The summed E-state index contributed by atoms with van der Waals surface area (Å²) in [4.78, 5) is 29.6. The summed E-state index contributed by atoms with van der Waals surface area (Å²) in [5.41, 5.74) is 3.07. The highest BCUT2D eigenvalue weighted by Crippen LogP contribution is 2.34. The van der Waals surface area contributed by atoms with Gasteiger partial charge in [-0.05, 0) is 55.3 Å². The van der Waals surface area contributed by atoms with Crippen LogP contribution in [0.5, 0.6) is 0 Å². The Balaban J connectivity index is 1.44. The molecule has 192 valence electrons. The minimum absolute atomic E-state index is 0.0110. The van der Waals surface area contributed by atoms with Crippen molar-refractivity contribution < 1.29 is 9.72 Å². The first-order chi connectivity index (χ1) is 17.6. The molecule has 4 heterocycles. The third-order valence-electron chi connectivity index (χ3n) is 6.37. The number of amides is 1. The van der Waals surface area contributed by atoms with Gasteiger partial charge in [0.05, 0.1) is 24.3 Å². The number of halogens is 1. The van der Waals surface area contributed by atoms with Crippen LogP contribution in [0.25, 0.3) is 22.8 Å². The minimum atomic E-state index is -0.489. The molecule has 1 amide bonds. The number of carbonyl (C=O) groups is 1. The van der Waals surface area contributed by atoms with Crippen molar-refractivity contribution in [3.05, 3.63) is 63.4 Å². The number of rotatable bonds is 7. The molecule has 0 aliphatic carbocycles. The average molecular weight is 523 g/mol. The fraction of sp³-hybridized carbons (Fsp3) is 0.360. The standard InChI is InChI=1S/C25H27ClN8O3/c1-15(2)30-14-21(34(36)37)28-25(30)18-7-5-17(6-8-18)13-31-22-11-20(29-32(22)10-9-23(31)35)24-19(26)12-27-33(24)16(3)4/h5-8,11-12,14-16H,9-10,13H2,1-4H3. The highest BCUT2D eigenvalue weighted by atomic mass is 35.5. The van der Waals surface area contributed by atoms with Crippen molar-refractivity contribution in [2.45, 2.75) is 59.3 Å². The number of aromatic nitrogens is 6. The molecule has 1 aromatic carbocycles. The average Bonchev–Trinajstić information content (AvgIpc) is 3.57. The van der Waals surface area contributed by atoms with Crippen LogP contribution in [0.15, 0.2) is 42.7 Å². The van der Waals surface area contributed by atoms with Crippen LogP contribution >= 0.6 is 11.6 Å². The topological polar surface area (TPSA) is 117 Å². The van der Waals surface area contributed by atoms with E-state index >= 15 is 0 Å². The molecule has 1 aliphatic heterocycles. The van der Waals surface area contributed by atoms with Gasteiger partial charge in [0.2, 0.25) is 5.91 Å². The van der Waals surface area contributed by atoms with Crippen molar-refractivity contribution in [1.29, 1.82) is 0 Å². The van der Waals surface area contributed by atoms with Crippen LogP contribution < -0.4 is 4.90 Å². The third kappa shape index (κ3) is 4.50. The summed E-state index contributed by atoms with van der Waals surface area (Å²) in [5.74, 6) is 1.06. The van der Waals surface area contributed by atoms with Gasteiger partial charge in [0, 0.05) is 30.1 Å². The summed E-state index contributed by atoms with van der Waals surface area (Å²) >= 11 is 6.44. The summed E-state index contributed by atoms with van der Waals surface area (Å²) in [6.07, 6.45) is 3.41. The fourth-order valence-electron chi connectivity index (χ4n) is 4.53. The molecule has 0 N–H and O–H groups in total. The zero-order chi connectivity index (χ0) is 26.4. The molecule has 0 bridgehead atoms. The first kappa shape index (κ1) is 24.7. The second-order valence-corrected chi connectivity index (χ2v) is 10.0. The first-order valence-electron chi connectivity index (χ1n) is 12.1. The van der Waals surface area contributed by atoms with Crippen LogP contribution in [0.2, 0.25) is 5.02 Å². The van der Waals surface area contributed by atoms with Crippen LogP contribution in [0, 0.1) is 10.1 Å². The monoisotopic (exact) mass is 522 g/mol. The zero-order valence-corrected chi connectivity index (χ0v) is 21.8. The molecule has 11 nitrogen and oxygen atoms in total. The van der Waals surface area contributed by atoms with Gasteiger partial charge in [-0.25, -0.2) is 4.68 Å². The highest BCUT2D eigenvalue weighted by molar-refractivity contribution is 6.33. The Kier molecular flexibility index (Phi) is 6.32. The molecular formula is C25H27ClN8O3. The highest BCUT2D eigenvalue weighted by Gasteiger charge is 2.29. The van der Waals surface area contributed by atoms with Gasteiger partial charge in [-0.1, -0.05) is 23.7 Å². The largest absolute Gasteiger partial charge is 0.382 e. The molecule has 0 unspecified atom stereocenters. The minimum Gasteiger partial charge on any atom is -0.358 e. The first-order valence-corrected chi connectivity index (χ1v) is 12.5. The Labute approximate surface area is 218 Å². The molecule has 37 heavy (non-hydrogen) atoms. The van der Waals surface area contributed by atoms with Crippen molar-refractivity contribution in [3.63, 3.8) is 0 Å². The number of hydrogen-bond donors (Lipinski definition) is 0. The lowest BCUT2D eigenvalue weighted by atomic mass is 10.1. The van der Waals surface area contributed by atoms with E-state index < -0.39 is 4.92 Å². The number of nitro groups is 1. The lowest BCUT2D eigenvalue weighted by molar-refractivity contribution is -0.389. The van der Waals surface area contributed by atoms with E-state index in [9.17, 15) is 14.9 Å². The molecule has 0 fully saturated rings. The number of imidazole rings is 1. The van der Waals surface area contributed by atoms with E-state index in [-0.39, 0.29) is 23.8 Å². The maximum atomic E-state index is 12.9. The lowest BCUT2D eigenvalue weighted by Crippen LogP contribution is -2.36. The Bertz CT molecular complexity index is 1480. The molecule has 5 rings (SSSR count). The SMILES string of the molecule is CC(C)n1cc([N+](=O)[O-])nc1-c1ccc(CN2C(=O)CCn3nc(-c4c(Cl)cnn4C(C)C)cc32)cc1. The summed E-state index contributed by atoms with van der Waals surface area (Å²) in [6.45, 7) is 8.80. The van der Waals surface area contributed by atoms with E-state index in [1.807, 2.05) is 67.4 Å². The van der Waals surface area contributed by atoms with Gasteiger partial charge in [-0.15, -0.1) is 0 Å². The number of fused-ring (bicyclic) bond motifs is 1. The van der Waals surface area contributed by atoms with E-state index in [1.165, 1.54) is 6.20 Å². The normalized spacial score (nSPS) is 13.6. The summed E-state index contributed by atoms with van der Waals surface area (Å²) in [7, 11) is 0. The summed E-state index contributed by atoms with van der Waals surface area (Å²) in [5, 5.41) is 20.9. The molecule has 4 aromatic rings. The predicted molar refractivity (Wildman–Crippen MR) is 139 cm³/mol. The van der Waals surface area contributed by atoms with Crippen LogP contribution in [0.1, 0.15) is 51.8 Å². The van der Waals surface area contributed by atoms with Crippen molar-refractivity contribution in [3.8, 4) is 22.8 Å². The molecule has 0 saturated carbocycles. The van der Waals surface area contributed by atoms with Gasteiger partial charge in [0.15, 0.2) is 0 Å². The molecule has 12 heteroatoms. The lowest BCUT2D eigenvalue weighted by Gasteiger charge is -2.27. The van der Waals surface area contributed by atoms with Crippen molar-refractivity contribution in [2.75, 3.05) is 4.90 Å². The van der Waals surface area contributed by atoms with E-state index in [4.69, 9.17) is 16.7 Å². The van der Waals surface area contributed by atoms with Crippen LogP contribution in [-0.2, 0) is 17.9 Å². The molecule has 3 aromatic heterocycles. The maximum absolute atomic E-state index is 12.9. The number of nitrogens with zero attached hydrogens (tertiary/aromatic N) is 8. The quantitative estimate of drug-likeness (QED) is 0.241. The van der Waals surface area contributed by atoms with Gasteiger partial charge < -0.3 is 14.7 Å². The number of benzene rings is 1. The van der Waals surface area contributed by atoms with Gasteiger partial charge >= 0.3 is 5.82 Å². The Morgan fingerprint density at radius 2 is 1.86 bits per heavy atom. The van der Waals surface area contributed by atoms with Crippen LogP contribution in [-0.4, -0.2) is 39.9 Å². The number of aryl methyl sites for hydroxylation is 1. The molecule has 1 aliphatic rings. The third-order valence-corrected chi connectivity index (χ3v) is 6.65. The van der Waals surface area contributed by atoms with Crippen molar-refractivity contribution in [1.82, 2.24) is 29.1 Å². The molecule has 0 spiro atoms. The number of carbonyl (C=O) groups excluding carboxylic acids is 1. The van der Waals surface area contributed by atoms with E-state index in [0.717, 1.165) is 16.8 Å². The molecular weight excluding hydrogens is 496 g/mol. The predicted octanol–water partition coefficient (Wildman–Crippen LogP) is 5.27. The maximum Gasteiger partial charge on any atom is 0.382 e. The second-order valence-electron chi connectivity index (χ2n) is 9.60. The second kappa shape index (κ2) is 9.47. The van der Waals surface area contributed by atoms with Crippen LogP contribution in [0.3, 0.4) is 0 Å². The Hall–Kier alpha value is -3.99. The zero-order valence-electron chi connectivity index (χ0n) is 21.0. The molecule has 0 radical (unpaired) electrons. The van der Waals surface area contributed by atoms with E-state index in [0.29, 0.717) is 41.9 Å². The molecule has 0 saturated heterocycles. The summed E-state index contributed by atoms with van der Waals surface area (Å²) in [6, 6.07) is 9.56. The number of anilines is 1. The van der Waals surface area contributed by atoms with Crippen molar-refractivity contribution >= 4 is 29.1 Å². The number of hydrogen-bond acceptors (Lipinski definition) is 6. The van der Waals surface area contributed by atoms with Gasteiger partial charge in [-0.3, -0.25) is 14.4 Å². The van der Waals surface area contributed by atoms with Gasteiger partial charge in [0.1, 0.15) is 23.4 Å². The Morgan fingerprint density at radius 3 is 2.51 bits per heavy atom. The van der Waals surface area contributed by atoms with Gasteiger partial charge in [0.25, 0.3) is 5.82 Å². The summed E-state index contributed by atoms with van der Waals surface area (Å²) < 4.78 is 5.44.